The normalized spacial score (nSPS) is 13.0. The predicted octanol–water partition coefficient (Wildman–Crippen LogP) is 5.71. The maximum Gasteiger partial charge on any atom is 0.305 e. The summed E-state index contributed by atoms with van der Waals surface area (Å²) in [5.41, 5.74) is 2.64. The Balaban J connectivity index is 1.64. The molecule has 26 heavy (non-hydrogen) atoms. The molecular weight excluding hydrogens is 328 g/mol. The van der Waals surface area contributed by atoms with Crippen molar-refractivity contribution in [2.24, 2.45) is 5.92 Å². The molecule has 0 saturated carbocycles. The largest absolute Gasteiger partial charge is 0.469 e. The number of furan rings is 2. The van der Waals surface area contributed by atoms with Crippen LogP contribution in [0.4, 0.5) is 0 Å². The van der Waals surface area contributed by atoms with Crippen LogP contribution in [0.2, 0.25) is 0 Å². The molecule has 142 valence electrons. The number of aryl methyl sites for hydroxylation is 1. The lowest BCUT2D eigenvalue weighted by Crippen LogP contribution is -2.07. The molecule has 0 bridgehead atoms. The van der Waals surface area contributed by atoms with Crippen molar-refractivity contribution in [3.63, 3.8) is 0 Å². The van der Waals surface area contributed by atoms with E-state index in [0.717, 1.165) is 43.6 Å². The number of hydrogen-bond acceptors (Lipinski definition) is 4. The van der Waals surface area contributed by atoms with E-state index in [1.165, 1.54) is 18.2 Å². The molecule has 2 rings (SSSR count). The third-order valence-corrected chi connectivity index (χ3v) is 4.57. The topological polar surface area (TPSA) is 52.6 Å². The lowest BCUT2D eigenvalue weighted by atomic mass is 9.98. The number of carbonyl (C=O) groups is 1. The van der Waals surface area contributed by atoms with Gasteiger partial charge in [0, 0.05) is 6.42 Å². The predicted molar refractivity (Wildman–Crippen MR) is 102 cm³/mol. The number of carbonyl (C=O) groups excluding carboxylic acids is 1. The van der Waals surface area contributed by atoms with Gasteiger partial charge >= 0.3 is 5.97 Å². The van der Waals surface area contributed by atoms with Crippen molar-refractivity contribution < 1.29 is 18.4 Å². The Kier molecular flexibility index (Phi) is 8.26. The van der Waals surface area contributed by atoms with E-state index in [4.69, 9.17) is 13.6 Å². The fourth-order valence-corrected chi connectivity index (χ4v) is 3.02. The van der Waals surface area contributed by atoms with Gasteiger partial charge in [-0.25, -0.2) is 0 Å². The van der Waals surface area contributed by atoms with Crippen LogP contribution in [-0.4, -0.2) is 13.1 Å². The van der Waals surface area contributed by atoms with Crippen LogP contribution in [0.5, 0.6) is 0 Å². The van der Waals surface area contributed by atoms with Gasteiger partial charge in [-0.05, 0) is 68.7 Å². The number of allylic oxidation sites excluding steroid dienone is 2. The Labute approximate surface area is 156 Å². The van der Waals surface area contributed by atoms with Crippen LogP contribution in [-0.2, 0) is 22.4 Å². The molecule has 1 atom stereocenters. The monoisotopic (exact) mass is 358 g/mol. The fraction of sp³-hybridized carbons (Fsp3) is 0.500. The summed E-state index contributed by atoms with van der Waals surface area (Å²) in [6, 6.07) is 5.96. The smallest absolute Gasteiger partial charge is 0.305 e. The molecule has 4 nitrogen and oxygen atoms in total. The summed E-state index contributed by atoms with van der Waals surface area (Å²) in [5, 5.41) is 0. The zero-order valence-electron chi connectivity index (χ0n) is 16.1. The van der Waals surface area contributed by atoms with Gasteiger partial charge in [0.15, 0.2) is 0 Å². The Morgan fingerprint density at radius 1 is 1.31 bits per heavy atom. The average molecular weight is 358 g/mol. The van der Waals surface area contributed by atoms with Crippen molar-refractivity contribution in [2.45, 2.75) is 58.8 Å². The highest BCUT2D eigenvalue weighted by Gasteiger charge is 2.09. The summed E-state index contributed by atoms with van der Waals surface area (Å²) in [4.78, 5) is 11.2. The van der Waals surface area contributed by atoms with E-state index in [2.05, 4.69) is 26.0 Å². The molecule has 0 saturated heterocycles. The second-order valence-electron chi connectivity index (χ2n) is 7.04. The van der Waals surface area contributed by atoms with Crippen LogP contribution in [0.15, 0.2) is 51.2 Å². The number of rotatable bonds is 11. The van der Waals surface area contributed by atoms with Crippen molar-refractivity contribution in [1.29, 1.82) is 0 Å². The Morgan fingerprint density at radius 2 is 2.15 bits per heavy atom. The third kappa shape index (κ3) is 7.34. The van der Waals surface area contributed by atoms with E-state index in [1.54, 1.807) is 6.26 Å². The van der Waals surface area contributed by atoms with Gasteiger partial charge in [-0.15, -0.1) is 0 Å². The highest BCUT2D eigenvalue weighted by molar-refractivity contribution is 5.69. The molecule has 4 heteroatoms. The quantitative estimate of drug-likeness (QED) is 0.381. The van der Waals surface area contributed by atoms with E-state index < -0.39 is 0 Å². The first-order valence-corrected chi connectivity index (χ1v) is 9.38. The van der Waals surface area contributed by atoms with Crippen molar-refractivity contribution >= 4 is 5.97 Å². The van der Waals surface area contributed by atoms with Crippen molar-refractivity contribution in [3.8, 4) is 0 Å². The van der Waals surface area contributed by atoms with Gasteiger partial charge < -0.3 is 13.6 Å². The molecule has 2 aromatic rings. The summed E-state index contributed by atoms with van der Waals surface area (Å²) in [6.45, 7) is 4.29. The minimum atomic E-state index is -0.115. The van der Waals surface area contributed by atoms with Crippen LogP contribution in [0, 0.1) is 5.92 Å². The van der Waals surface area contributed by atoms with Crippen molar-refractivity contribution in [3.05, 3.63) is 59.5 Å². The minimum Gasteiger partial charge on any atom is -0.469 e. The summed E-state index contributed by atoms with van der Waals surface area (Å²) in [6.07, 6.45) is 12.3. The van der Waals surface area contributed by atoms with Gasteiger partial charge in [-0.2, -0.15) is 0 Å². The molecule has 0 spiro atoms. The first-order chi connectivity index (χ1) is 12.6. The standard InChI is InChI=1S/C22H30O4/c1-17(7-4-9-18(2)13-22(23)24-3)8-5-10-19-14-21(26-16-19)15-20-11-6-12-25-20/h6,8,11-12,14,16,18H,4-5,7,9-10,13,15H2,1-3H3. The van der Waals surface area contributed by atoms with Crippen LogP contribution < -0.4 is 0 Å². The Hall–Kier alpha value is -2.23. The van der Waals surface area contributed by atoms with Crippen molar-refractivity contribution in [1.82, 2.24) is 0 Å². The summed E-state index contributed by atoms with van der Waals surface area (Å²) in [5.74, 6) is 2.13. The fourth-order valence-electron chi connectivity index (χ4n) is 3.02. The zero-order valence-corrected chi connectivity index (χ0v) is 16.1. The molecule has 2 aromatic heterocycles. The van der Waals surface area contributed by atoms with Gasteiger partial charge in [0.05, 0.1) is 26.1 Å². The maximum atomic E-state index is 11.2. The van der Waals surface area contributed by atoms with Gasteiger partial charge in [-0.1, -0.05) is 18.6 Å². The van der Waals surface area contributed by atoms with E-state index in [1.807, 2.05) is 18.4 Å². The van der Waals surface area contributed by atoms with Gasteiger partial charge in [0.2, 0.25) is 0 Å². The van der Waals surface area contributed by atoms with Gasteiger partial charge in [0.25, 0.3) is 0 Å². The molecule has 0 fully saturated rings. The molecule has 0 aliphatic rings. The highest BCUT2D eigenvalue weighted by atomic mass is 16.5. The zero-order chi connectivity index (χ0) is 18.8. The molecule has 0 aromatic carbocycles. The lowest BCUT2D eigenvalue weighted by molar-refractivity contribution is -0.141. The molecule has 0 aliphatic carbocycles. The SMILES string of the molecule is COC(=O)CC(C)CCCC(C)=CCCc1coc(Cc2ccco2)c1. The van der Waals surface area contributed by atoms with Crippen LogP contribution in [0.3, 0.4) is 0 Å². The molecule has 0 aliphatic heterocycles. The Morgan fingerprint density at radius 3 is 2.88 bits per heavy atom. The number of methoxy groups -OCH3 is 1. The Bertz CT molecular complexity index is 679. The van der Waals surface area contributed by atoms with Crippen molar-refractivity contribution in [2.75, 3.05) is 7.11 Å². The van der Waals surface area contributed by atoms with Crippen LogP contribution >= 0.6 is 0 Å². The van der Waals surface area contributed by atoms with Gasteiger partial charge in [0.1, 0.15) is 11.5 Å². The molecule has 1 unspecified atom stereocenters. The second-order valence-corrected chi connectivity index (χ2v) is 7.04. The maximum absolute atomic E-state index is 11.2. The highest BCUT2D eigenvalue weighted by Crippen LogP contribution is 2.18. The van der Waals surface area contributed by atoms with E-state index in [-0.39, 0.29) is 5.97 Å². The molecule has 2 heterocycles. The minimum absolute atomic E-state index is 0.115. The molecule has 0 N–H and O–H groups in total. The first kappa shape index (κ1) is 20.1. The van der Waals surface area contributed by atoms with E-state index in [0.29, 0.717) is 18.8 Å². The first-order valence-electron chi connectivity index (χ1n) is 9.38. The van der Waals surface area contributed by atoms with Crippen LogP contribution in [0.1, 0.15) is 63.0 Å². The number of esters is 1. The third-order valence-electron chi connectivity index (χ3n) is 4.57. The summed E-state index contributed by atoms with van der Waals surface area (Å²) >= 11 is 0. The lowest BCUT2D eigenvalue weighted by Gasteiger charge is -2.09. The average Bonchev–Trinajstić information content (AvgIpc) is 3.27. The summed E-state index contributed by atoms with van der Waals surface area (Å²) < 4.78 is 15.7. The van der Waals surface area contributed by atoms with Crippen LogP contribution in [0.25, 0.3) is 0 Å². The molecular formula is C22H30O4. The van der Waals surface area contributed by atoms with Gasteiger partial charge in [-0.3, -0.25) is 4.79 Å². The summed E-state index contributed by atoms with van der Waals surface area (Å²) in [7, 11) is 1.45. The number of ether oxygens (including phenoxy) is 1. The van der Waals surface area contributed by atoms with E-state index in [9.17, 15) is 4.79 Å². The van der Waals surface area contributed by atoms with E-state index >= 15 is 0 Å². The number of hydrogen-bond donors (Lipinski definition) is 0. The molecule has 0 amide bonds. The second kappa shape index (κ2) is 10.7. The molecule has 0 radical (unpaired) electrons.